The summed E-state index contributed by atoms with van der Waals surface area (Å²) < 4.78 is 0. The lowest BCUT2D eigenvalue weighted by Gasteiger charge is -2.29. The maximum Gasteiger partial charge on any atom is 0.245 e. The summed E-state index contributed by atoms with van der Waals surface area (Å²) in [4.78, 5) is 153. The van der Waals surface area contributed by atoms with E-state index in [2.05, 4.69) is 72.3 Å². The number of nitrogens with two attached hydrogens (primary N) is 5. The van der Waals surface area contributed by atoms with Crippen LogP contribution in [-0.2, 0) is 52.7 Å². The van der Waals surface area contributed by atoms with E-state index in [4.69, 9.17) is 28.7 Å². The zero-order valence-electron chi connectivity index (χ0n) is 49.4. The molecule has 1 unspecified atom stereocenters. The summed E-state index contributed by atoms with van der Waals surface area (Å²) in [5.74, 6) is -9.49. The van der Waals surface area contributed by atoms with Crippen LogP contribution in [0.15, 0.2) is 0 Å². The van der Waals surface area contributed by atoms with Crippen LogP contribution in [0.3, 0.4) is 0 Å². The van der Waals surface area contributed by atoms with Crippen LogP contribution in [0.5, 0.6) is 0 Å². The molecule has 0 saturated carbocycles. The molecule has 1 aliphatic rings. The summed E-state index contributed by atoms with van der Waals surface area (Å²) >= 11 is 0. The van der Waals surface area contributed by atoms with Gasteiger partial charge in [-0.15, -0.1) is 0 Å². The lowest BCUT2D eigenvalue weighted by Crippen LogP contribution is -2.62. The Morgan fingerprint density at radius 2 is 0.963 bits per heavy atom. The van der Waals surface area contributed by atoms with Crippen LogP contribution in [0.4, 0.5) is 0 Å². The van der Waals surface area contributed by atoms with Crippen LogP contribution in [0.1, 0.15) is 139 Å². The number of carbonyl (C=O) groups excluding carboxylic acids is 11. The van der Waals surface area contributed by atoms with Crippen molar-refractivity contribution in [2.45, 2.75) is 211 Å². The van der Waals surface area contributed by atoms with Crippen molar-refractivity contribution in [1.29, 1.82) is 0 Å². The van der Waals surface area contributed by atoms with Gasteiger partial charge in [-0.1, -0.05) is 60.8 Å². The van der Waals surface area contributed by atoms with Crippen molar-refractivity contribution in [2.75, 3.05) is 39.3 Å². The van der Waals surface area contributed by atoms with Gasteiger partial charge in [0.05, 0.1) is 12.2 Å². The van der Waals surface area contributed by atoms with Gasteiger partial charge in [-0.25, -0.2) is 0 Å². The Hall–Kier alpha value is -6.11. The quantitative estimate of drug-likeness (QED) is 0.0311. The minimum Gasteiger partial charge on any atom is -0.391 e. The predicted molar refractivity (Wildman–Crippen MR) is 305 cm³/mol. The fraction of sp³-hybridized carbons (Fsp3) is 0.792. The molecule has 1 rings (SSSR count). The average molecular weight is 1170 g/mol. The first-order valence-electron chi connectivity index (χ1n) is 28.8. The van der Waals surface area contributed by atoms with Gasteiger partial charge in [0, 0.05) is 13.0 Å². The Morgan fingerprint density at radius 1 is 0.524 bits per heavy atom. The summed E-state index contributed by atoms with van der Waals surface area (Å²) in [6.45, 7) is 12.6. The fourth-order valence-electron chi connectivity index (χ4n) is 8.76. The molecule has 0 aromatic carbocycles. The second-order valence-corrected chi connectivity index (χ2v) is 22.0. The molecule has 0 aromatic heterocycles. The second kappa shape index (κ2) is 39.4. The highest BCUT2D eigenvalue weighted by Gasteiger charge is 2.37. The van der Waals surface area contributed by atoms with Crippen molar-refractivity contribution < 1.29 is 63.0 Å². The molecule has 0 radical (unpaired) electrons. The third-order valence-electron chi connectivity index (χ3n) is 13.7. The zero-order valence-corrected chi connectivity index (χ0v) is 49.4. The van der Waals surface area contributed by atoms with Gasteiger partial charge in [-0.05, 0) is 122 Å². The molecule has 29 nitrogen and oxygen atoms in total. The van der Waals surface area contributed by atoms with Gasteiger partial charge in [0.15, 0.2) is 0 Å². The van der Waals surface area contributed by atoms with Crippen molar-refractivity contribution in [1.82, 2.24) is 58.5 Å². The molecule has 23 N–H and O–H groups in total. The number of amides is 11. The topological polar surface area (TPSA) is 491 Å². The number of rotatable bonds is 29. The molecule has 1 fully saturated rings. The highest BCUT2D eigenvalue weighted by molar-refractivity contribution is 5.99. The Morgan fingerprint density at radius 3 is 1.39 bits per heavy atom. The number of hydrogen-bond donors (Lipinski definition) is 18. The van der Waals surface area contributed by atoms with E-state index in [0.717, 1.165) is 19.3 Å². The van der Waals surface area contributed by atoms with Crippen molar-refractivity contribution in [3.63, 3.8) is 0 Å². The highest BCUT2D eigenvalue weighted by atomic mass is 16.3. The van der Waals surface area contributed by atoms with Gasteiger partial charge in [-0.3, -0.25) is 52.7 Å². The molecule has 1 heterocycles. The van der Waals surface area contributed by atoms with Crippen LogP contribution in [-0.4, -0.2) is 187 Å². The molecule has 29 heteroatoms. The maximum atomic E-state index is 14.4. The van der Waals surface area contributed by atoms with E-state index in [1.807, 2.05) is 0 Å². The third kappa shape index (κ3) is 27.3. The molecule has 470 valence electrons. The normalized spacial score (nSPS) is 23.4. The average Bonchev–Trinajstić information content (AvgIpc) is 3.41. The first-order chi connectivity index (χ1) is 38.7. The van der Waals surface area contributed by atoms with E-state index >= 15 is 0 Å². The SMILES string of the molecule is CCC(C)CCCCC(=O)N[C@@H](CCN)C(=O)N[C@H](C(=O)N[C@@H](CCN)C(=O)N[C@H]1CCNC(=O)[C@H]([C@@H](C)O)NC(=O)[C@H](CCN)NC(=O)[C@@H](CCN)NC(=O)[C@H](CC(C)C)NC(=O)[C@@H](CC(C)C)NC(=O)[C@H](CCN)NC1=O)[C@@H](C)O. The summed E-state index contributed by atoms with van der Waals surface area (Å²) in [5.41, 5.74) is 29.2. The molecule has 82 heavy (non-hydrogen) atoms. The van der Waals surface area contributed by atoms with Gasteiger partial charge in [-0.2, -0.15) is 0 Å². The molecular formula is C53H100N16O13. The Labute approximate surface area is 482 Å². The maximum absolute atomic E-state index is 14.4. The van der Waals surface area contributed by atoms with Crippen molar-refractivity contribution in [3.05, 3.63) is 0 Å². The first-order valence-corrected chi connectivity index (χ1v) is 28.8. The number of aliphatic hydroxyl groups is 2. The van der Waals surface area contributed by atoms with Gasteiger partial charge in [0.1, 0.15) is 60.4 Å². The smallest absolute Gasteiger partial charge is 0.245 e. The molecule has 0 spiro atoms. The van der Waals surface area contributed by atoms with Crippen molar-refractivity contribution in [3.8, 4) is 0 Å². The molecule has 1 aliphatic heterocycles. The summed E-state index contributed by atoms with van der Waals surface area (Å²) in [6, 6.07) is -14.5. The molecule has 11 amide bonds. The van der Waals surface area contributed by atoms with Crippen LogP contribution in [0.2, 0.25) is 0 Å². The molecule has 0 aromatic rings. The summed E-state index contributed by atoms with van der Waals surface area (Å²) in [5, 5.41) is 49.5. The zero-order chi connectivity index (χ0) is 62.2. The second-order valence-electron chi connectivity index (χ2n) is 22.0. The molecule has 13 atom stereocenters. The number of nitrogens with one attached hydrogen (secondary N) is 11. The minimum atomic E-state index is -1.69. The molecule has 0 aliphatic carbocycles. The standard InChI is InChI=1S/C53H100N16O13/c1-9-30(6)12-10-11-13-41(72)60-33(14-20-54)48(77)69-43(32(8)71)53(82)65-36(17-23-57)45(74)64-38-19-25-59-52(81)42(31(7)70)68-49(78)37(18-24-58)62-44(73)34(15-21-55)63-50(79)39(26-28(2)3)67-51(80)40(27-29(4)5)66-46(75)35(16-22-56)61-47(38)76/h28-40,42-43,70-71H,9-27,54-58H2,1-8H3,(H,59,81)(H,60,72)(H,61,76)(H,62,73)(H,63,79)(H,64,74)(H,65,82)(H,66,75)(H,67,80)(H,68,78)(H,69,77)/t30?,31-,32-,33+,34-,35+,36+,37+,38+,39+,40-,42+,43+/m1/s1. The Bertz CT molecular complexity index is 2070. The monoisotopic (exact) mass is 1170 g/mol. The van der Waals surface area contributed by atoms with E-state index in [9.17, 15) is 63.0 Å². The number of carbonyl (C=O) groups is 11. The van der Waals surface area contributed by atoms with E-state index in [1.165, 1.54) is 13.8 Å². The fourth-order valence-corrected chi connectivity index (χ4v) is 8.76. The Kier molecular flexibility index (Phi) is 35.5. The lowest BCUT2D eigenvalue weighted by molar-refractivity contribution is -0.137. The molecule has 1 saturated heterocycles. The highest BCUT2D eigenvalue weighted by Crippen LogP contribution is 2.14. The van der Waals surface area contributed by atoms with Gasteiger partial charge >= 0.3 is 0 Å². The minimum absolute atomic E-state index is 0.0131. The van der Waals surface area contributed by atoms with Crippen LogP contribution < -0.4 is 87.2 Å². The summed E-state index contributed by atoms with van der Waals surface area (Å²) in [6.07, 6.45) is -0.760. The van der Waals surface area contributed by atoms with Crippen molar-refractivity contribution >= 4 is 65.0 Å². The number of unbranched alkanes of at least 4 members (excludes halogenated alkanes) is 1. The number of aliphatic hydroxyl groups excluding tert-OH is 2. The van der Waals surface area contributed by atoms with Crippen LogP contribution in [0.25, 0.3) is 0 Å². The van der Waals surface area contributed by atoms with E-state index in [-0.39, 0.29) is 95.9 Å². The van der Waals surface area contributed by atoms with Crippen LogP contribution in [0, 0.1) is 17.8 Å². The predicted octanol–water partition coefficient (Wildman–Crippen LogP) is -5.44. The van der Waals surface area contributed by atoms with E-state index in [0.29, 0.717) is 12.3 Å². The van der Waals surface area contributed by atoms with Gasteiger partial charge in [0.2, 0.25) is 65.0 Å². The number of hydrogen-bond acceptors (Lipinski definition) is 18. The lowest BCUT2D eigenvalue weighted by atomic mass is 9.99. The van der Waals surface area contributed by atoms with Gasteiger partial charge < -0.3 is 97.4 Å². The first kappa shape index (κ1) is 73.9. The Balaban J connectivity index is 3.81. The van der Waals surface area contributed by atoms with E-state index in [1.54, 1.807) is 27.7 Å². The molecule has 0 bridgehead atoms. The third-order valence-corrected chi connectivity index (χ3v) is 13.7. The van der Waals surface area contributed by atoms with Gasteiger partial charge in [0.25, 0.3) is 0 Å². The molecular weight excluding hydrogens is 1070 g/mol. The van der Waals surface area contributed by atoms with Crippen molar-refractivity contribution in [2.24, 2.45) is 46.4 Å². The summed E-state index contributed by atoms with van der Waals surface area (Å²) in [7, 11) is 0. The van der Waals surface area contributed by atoms with E-state index < -0.39 is 151 Å². The largest absolute Gasteiger partial charge is 0.391 e. The van der Waals surface area contributed by atoms with Crippen LogP contribution >= 0.6 is 0 Å².